The lowest BCUT2D eigenvalue weighted by molar-refractivity contribution is -0.126. The van der Waals surface area contributed by atoms with Crippen molar-refractivity contribution in [1.29, 1.82) is 0 Å². The Balaban J connectivity index is 1.78. The van der Waals surface area contributed by atoms with Gasteiger partial charge in [0.1, 0.15) is 0 Å². The lowest BCUT2D eigenvalue weighted by Gasteiger charge is -2.22. The number of benzene rings is 1. The van der Waals surface area contributed by atoms with E-state index in [2.05, 4.69) is 31.9 Å². The maximum Gasteiger partial charge on any atom is 0.243 e. The summed E-state index contributed by atoms with van der Waals surface area (Å²) >= 11 is 3.41. The Morgan fingerprint density at radius 3 is 2.86 bits per heavy atom. The Kier molecular flexibility index (Phi) is 5.76. The molecule has 2 amide bonds. The quantitative estimate of drug-likeness (QED) is 0.774. The minimum atomic E-state index is -0.221. The Hall–Kier alpha value is -1.40. The highest BCUT2D eigenvalue weighted by Gasteiger charge is 2.20. The molecule has 2 rings (SSSR count). The molecule has 21 heavy (non-hydrogen) atoms. The third-order valence-corrected chi connectivity index (χ3v) is 4.38. The second kappa shape index (κ2) is 7.56. The molecular formula is C15H20BrN3O2. The second-order valence-electron chi connectivity index (χ2n) is 5.23. The zero-order chi connectivity index (χ0) is 15.2. The summed E-state index contributed by atoms with van der Waals surface area (Å²) in [7, 11) is 0. The Bertz CT molecular complexity index is 528. The molecule has 5 nitrogen and oxygen atoms in total. The number of aryl methyl sites for hydroxylation is 1. The van der Waals surface area contributed by atoms with Crippen LogP contribution in [0.15, 0.2) is 22.7 Å². The van der Waals surface area contributed by atoms with Gasteiger partial charge in [-0.1, -0.05) is 22.4 Å². The maximum atomic E-state index is 11.9. The van der Waals surface area contributed by atoms with Gasteiger partial charge in [0.05, 0.1) is 12.6 Å². The first-order valence-electron chi connectivity index (χ1n) is 7.13. The second-order valence-corrected chi connectivity index (χ2v) is 6.09. The predicted molar refractivity (Wildman–Crippen MR) is 86.2 cm³/mol. The van der Waals surface area contributed by atoms with Crippen LogP contribution in [0.3, 0.4) is 0 Å². The lowest BCUT2D eigenvalue weighted by atomic mass is 10.0. The summed E-state index contributed by atoms with van der Waals surface area (Å²) < 4.78 is 0.997. The van der Waals surface area contributed by atoms with Crippen LogP contribution in [0.4, 0.5) is 5.69 Å². The van der Waals surface area contributed by atoms with Crippen molar-refractivity contribution < 1.29 is 9.59 Å². The zero-order valence-corrected chi connectivity index (χ0v) is 13.6. The highest BCUT2D eigenvalue weighted by molar-refractivity contribution is 9.10. The molecule has 1 aromatic carbocycles. The topological polar surface area (TPSA) is 70.2 Å². The minimum Gasteiger partial charge on any atom is -0.346 e. The number of anilines is 1. The van der Waals surface area contributed by atoms with Crippen molar-refractivity contribution in [2.24, 2.45) is 0 Å². The van der Waals surface area contributed by atoms with Crippen LogP contribution in [0.2, 0.25) is 0 Å². The Morgan fingerprint density at radius 1 is 1.38 bits per heavy atom. The number of hydrogen-bond donors (Lipinski definition) is 3. The summed E-state index contributed by atoms with van der Waals surface area (Å²) in [5, 5.41) is 8.61. The SMILES string of the molecule is Cc1cc(NC(=O)CNC(=O)C2CCCCN2)ccc1Br. The molecule has 6 heteroatoms. The fourth-order valence-electron chi connectivity index (χ4n) is 2.29. The van der Waals surface area contributed by atoms with Crippen LogP contribution in [0.1, 0.15) is 24.8 Å². The van der Waals surface area contributed by atoms with Gasteiger partial charge in [-0.2, -0.15) is 0 Å². The van der Waals surface area contributed by atoms with Gasteiger partial charge in [-0.15, -0.1) is 0 Å². The maximum absolute atomic E-state index is 11.9. The zero-order valence-electron chi connectivity index (χ0n) is 12.0. The van der Waals surface area contributed by atoms with Crippen LogP contribution in [-0.2, 0) is 9.59 Å². The van der Waals surface area contributed by atoms with Gasteiger partial charge in [0, 0.05) is 10.2 Å². The van der Waals surface area contributed by atoms with Crippen molar-refractivity contribution in [3.8, 4) is 0 Å². The molecule has 1 unspecified atom stereocenters. The molecule has 0 saturated carbocycles. The van der Waals surface area contributed by atoms with E-state index in [1.165, 1.54) is 0 Å². The van der Waals surface area contributed by atoms with Crippen molar-refractivity contribution >= 4 is 33.4 Å². The first-order valence-corrected chi connectivity index (χ1v) is 7.92. The van der Waals surface area contributed by atoms with Crippen LogP contribution in [0.5, 0.6) is 0 Å². The molecule has 3 N–H and O–H groups in total. The van der Waals surface area contributed by atoms with Crippen LogP contribution >= 0.6 is 15.9 Å². The lowest BCUT2D eigenvalue weighted by Crippen LogP contribution is -2.48. The van der Waals surface area contributed by atoms with E-state index >= 15 is 0 Å². The number of hydrogen-bond acceptors (Lipinski definition) is 3. The van der Waals surface area contributed by atoms with E-state index in [1.54, 1.807) is 0 Å². The van der Waals surface area contributed by atoms with Gasteiger partial charge in [-0.25, -0.2) is 0 Å². The molecule has 1 aliphatic heterocycles. The molecule has 0 bridgehead atoms. The van der Waals surface area contributed by atoms with Gasteiger partial charge >= 0.3 is 0 Å². The average Bonchev–Trinajstić information content (AvgIpc) is 2.49. The third-order valence-electron chi connectivity index (χ3n) is 3.49. The summed E-state index contributed by atoms with van der Waals surface area (Å²) in [6.45, 7) is 2.81. The monoisotopic (exact) mass is 353 g/mol. The van der Waals surface area contributed by atoms with E-state index in [9.17, 15) is 9.59 Å². The van der Waals surface area contributed by atoms with Crippen molar-refractivity contribution in [2.75, 3.05) is 18.4 Å². The summed E-state index contributed by atoms with van der Waals surface area (Å²) in [6.07, 6.45) is 2.99. The first kappa shape index (κ1) is 16.0. The highest BCUT2D eigenvalue weighted by Crippen LogP contribution is 2.19. The average molecular weight is 354 g/mol. The van der Waals surface area contributed by atoms with E-state index in [4.69, 9.17) is 0 Å². The number of carbonyl (C=O) groups is 2. The molecule has 0 aromatic heterocycles. The third kappa shape index (κ3) is 4.82. The molecule has 1 aromatic rings. The fraction of sp³-hybridized carbons (Fsp3) is 0.467. The number of carbonyl (C=O) groups excluding carboxylic acids is 2. The van der Waals surface area contributed by atoms with Gasteiger partial charge in [0.2, 0.25) is 11.8 Å². The highest BCUT2D eigenvalue weighted by atomic mass is 79.9. The van der Waals surface area contributed by atoms with E-state index < -0.39 is 0 Å². The van der Waals surface area contributed by atoms with E-state index in [0.29, 0.717) is 0 Å². The number of piperidine rings is 1. The molecular weight excluding hydrogens is 334 g/mol. The van der Waals surface area contributed by atoms with Crippen molar-refractivity contribution in [3.63, 3.8) is 0 Å². The summed E-state index contributed by atoms with van der Waals surface area (Å²) in [6, 6.07) is 5.42. The van der Waals surface area contributed by atoms with E-state index in [-0.39, 0.29) is 24.4 Å². The summed E-state index contributed by atoms with van der Waals surface area (Å²) in [4.78, 5) is 23.7. The van der Waals surface area contributed by atoms with Gasteiger partial charge < -0.3 is 16.0 Å². The summed E-state index contributed by atoms with van der Waals surface area (Å²) in [5.74, 6) is -0.322. The number of rotatable bonds is 4. The van der Waals surface area contributed by atoms with Crippen LogP contribution in [0, 0.1) is 6.92 Å². The molecule has 1 aliphatic rings. The standard InChI is InChI=1S/C15H20BrN3O2/c1-10-8-11(5-6-12(10)16)19-14(20)9-18-15(21)13-4-2-3-7-17-13/h5-6,8,13,17H,2-4,7,9H2,1H3,(H,18,21)(H,19,20). The van der Waals surface area contributed by atoms with Crippen LogP contribution in [0.25, 0.3) is 0 Å². The predicted octanol–water partition coefficient (Wildman–Crippen LogP) is 1.95. The molecule has 0 radical (unpaired) electrons. The first-order chi connectivity index (χ1) is 10.1. The fourth-order valence-corrected chi connectivity index (χ4v) is 2.54. The number of amides is 2. The summed E-state index contributed by atoms with van der Waals surface area (Å²) in [5.41, 5.74) is 1.77. The Labute approximate surface area is 133 Å². The van der Waals surface area contributed by atoms with Crippen molar-refractivity contribution in [3.05, 3.63) is 28.2 Å². The van der Waals surface area contributed by atoms with Gasteiger partial charge in [-0.3, -0.25) is 9.59 Å². The van der Waals surface area contributed by atoms with E-state index in [1.807, 2.05) is 25.1 Å². The largest absolute Gasteiger partial charge is 0.346 e. The van der Waals surface area contributed by atoms with Crippen molar-refractivity contribution in [1.82, 2.24) is 10.6 Å². The molecule has 114 valence electrons. The van der Waals surface area contributed by atoms with Gasteiger partial charge in [0.25, 0.3) is 0 Å². The van der Waals surface area contributed by atoms with Crippen LogP contribution in [-0.4, -0.2) is 30.9 Å². The van der Waals surface area contributed by atoms with Crippen LogP contribution < -0.4 is 16.0 Å². The molecule has 1 fully saturated rings. The van der Waals surface area contributed by atoms with Gasteiger partial charge in [-0.05, 0) is 50.1 Å². The number of nitrogens with one attached hydrogen (secondary N) is 3. The smallest absolute Gasteiger partial charge is 0.243 e. The molecule has 1 saturated heterocycles. The van der Waals surface area contributed by atoms with Gasteiger partial charge in [0.15, 0.2) is 0 Å². The Morgan fingerprint density at radius 2 is 2.19 bits per heavy atom. The van der Waals surface area contributed by atoms with Crippen molar-refractivity contribution in [2.45, 2.75) is 32.2 Å². The normalized spacial score (nSPS) is 18.1. The van der Waals surface area contributed by atoms with E-state index in [0.717, 1.165) is 41.5 Å². The molecule has 1 atom stereocenters. The molecule has 0 spiro atoms. The number of halogens is 1. The molecule has 0 aliphatic carbocycles. The minimum absolute atomic E-state index is 0.00781. The molecule has 1 heterocycles.